The van der Waals surface area contributed by atoms with Gasteiger partial charge in [0.15, 0.2) is 0 Å². The molecule has 2 bridgehead atoms. The van der Waals surface area contributed by atoms with E-state index >= 15 is 0 Å². The molecule has 6 heteroatoms. The Bertz CT molecular complexity index is 576. The molecule has 1 saturated carbocycles. The Morgan fingerprint density at radius 3 is 2.70 bits per heavy atom. The van der Waals surface area contributed by atoms with E-state index in [9.17, 15) is 9.59 Å². The van der Waals surface area contributed by atoms with Crippen LogP contribution in [0.4, 0.5) is 10.5 Å². The normalized spacial score (nSPS) is 23.9. The average molecular weight is 339 g/mol. The highest BCUT2D eigenvalue weighted by atomic mass is 79.9. The number of urea groups is 1. The molecule has 1 saturated heterocycles. The van der Waals surface area contributed by atoms with E-state index in [1.165, 1.54) is 18.6 Å². The molecule has 0 aromatic heterocycles. The average Bonchev–Trinajstić information content (AvgIpc) is 3.00. The predicted octanol–water partition coefficient (Wildman–Crippen LogP) is 3.16. The van der Waals surface area contributed by atoms with Gasteiger partial charge < -0.3 is 15.3 Å². The molecule has 1 aromatic rings. The Hall–Kier alpha value is -1.56. The summed E-state index contributed by atoms with van der Waals surface area (Å²) in [6, 6.07) is 4.91. The Morgan fingerprint density at radius 1 is 1.30 bits per heavy atom. The fraction of sp³-hybridized carbons (Fsp3) is 0.429. The van der Waals surface area contributed by atoms with E-state index in [1.54, 1.807) is 6.07 Å². The van der Waals surface area contributed by atoms with Gasteiger partial charge in [0.2, 0.25) is 0 Å². The van der Waals surface area contributed by atoms with Gasteiger partial charge in [-0.15, -0.1) is 0 Å². The smallest absolute Gasteiger partial charge is 0.335 e. The van der Waals surface area contributed by atoms with Crippen LogP contribution in [0.1, 0.15) is 29.6 Å². The van der Waals surface area contributed by atoms with Crippen molar-refractivity contribution >= 4 is 33.6 Å². The van der Waals surface area contributed by atoms with Crippen molar-refractivity contribution in [3.05, 3.63) is 28.2 Å². The van der Waals surface area contributed by atoms with Gasteiger partial charge in [-0.2, -0.15) is 0 Å². The van der Waals surface area contributed by atoms with Crippen LogP contribution in [0.5, 0.6) is 0 Å². The molecule has 2 aliphatic rings. The number of carboxylic acid groups (broad SMARTS) is 1. The van der Waals surface area contributed by atoms with Crippen LogP contribution in [0.2, 0.25) is 0 Å². The van der Waals surface area contributed by atoms with Gasteiger partial charge in [0, 0.05) is 22.7 Å². The second-order valence-electron chi connectivity index (χ2n) is 5.45. The molecule has 2 atom stereocenters. The quantitative estimate of drug-likeness (QED) is 0.870. The van der Waals surface area contributed by atoms with Crippen molar-refractivity contribution < 1.29 is 14.7 Å². The number of hydrogen-bond acceptors (Lipinski definition) is 2. The molecule has 1 heterocycles. The Morgan fingerprint density at radius 2 is 2.10 bits per heavy atom. The molecule has 3 rings (SSSR count). The molecule has 1 aliphatic heterocycles. The highest BCUT2D eigenvalue weighted by molar-refractivity contribution is 9.10. The summed E-state index contributed by atoms with van der Waals surface area (Å²) < 4.78 is 0.635. The van der Waals surface area contributed by atoms with Gasteiger partial charge in [0.25, 0.3) is 0 Å². The summed E-state index contributed by atoms with van der Waals surface area (Å²) in [6.45, 7) is 0.816. The van der Waals surface area contributed by atoms with E-state index in [2.05, 4.69) is 21.2 Å². The molecule has 1 aromatic carbocycles. The minimum atomic E-state index is -1.01. The topological polar surface area (TPSA) is 69.6 Å². The summed E-state index contributed by atoms with van der Waals surface area (Å²) >= 11 is 3.26. The first-order valence-corrected chi connectivity index (χ1v) is 7.44. The van der Waals surface area contributed by atoms with E-state index in [4.69, 9.17) is 5.11 Å². The second-order valence-corrected chi connectivity index (χ2v) is 6.36. The van der Waals surface area contributed by atoms with E-state index in [0.29, 0.717) is 22.1 Å². The van der Waals surface area contributed by atoms with Gasteiger partial charge in [-0.1, -0.05) is 15.9 Å². The van der Waals surface area contributed by atoms with Crippen molar-refractivity contribution in [2.75, 3.05) is 11.9 Å². The number of nitrogens with one attached hydrogen (secondary N) is 1. The Balaban J connectivity index is 1.74. The fourth-order valence-electron chi connectivity index (χ4n) is 3.15. The highest BCUT2D eigenvalue weighted by Gasteiger charge is 2.40. The number of halogens is 1. The molecule has 106 valence electrons. The van der Waals surface area contributed by atoms with E-state index in [-0.39, 0.29) is 11.6 Å². The molecule has 2 unspecified atom stereocenters. The van der Waals surface area contributed by atoms with Gasteiger partial charge in [0.1, 0.15) is 0 Å². The number of fused-ring (bicyclic) bond motifs is 2. The van der Waals surface area contributed by atoms with E-state index in [0.717, 1.165) is 19.4 Å². The number of likely N-dealkylation sites (tertiary alicyclic amines) is 1. The first-order chi connectivity index (χ1) is 9.52. The van der Waals surface area contributed by atoms with Gasteiger partial charge in [-0.05, 0) is 43.4 Å². The number of hydrogen-bond donors (Lipinski definition) is 2. The largest absolute Gasteiger partial charge is 0.478 e. The van der Waals surface area contributed by atoms with Crippen LogP contribution in [0, 0.1) is 5.92 Å². The molecule has 2 fully saturated rings. The van der Waals surface area contributed by atoms with E-state index in [1.807, 2.05) is 4.90 Å². The first-order valence-electron chi connectivity index (χ1n) is 6.64. The maximum atomic E-state index is 12.2. The number of rotatable bonds is 2. The monoisotopic (exact) mass is 338 g/mol. The van der Waals surface area contributed by atoms with Crippen LogP contribution in [-0.4, -0.2) is 34.6 Å². The first kappa shape index (κ1) is 13.4. The van der Waals surface area contributed by atoms with Gasteiger partial charge in [-0.3, -0.25) is 0 Å². The molecule has 2 amide bonds. The zero-order chi connectivity index (χ0) is 14.3. The van der Waals surface area contributed by atoms with Crippen LogP contribution in [0.15, 0.2) is 22.7 Å². The number of anilines is 1. The molecule has 1 aliphatic carbocycles. The highest BCUT2D eigenvalue weighted by Crippen LogP contribution is 2.37. The standard InChI is InChI=1S/C14H15BrN2O3/c15-10-4-9(13(18)19)5-11(6-10)16-14(20)17-7-8-1-2-12(17)3-8/h4-6,8,12H,1-3,7H2,(H,16,20)(H,18,19). The lowest BCUT2D eigenvalue weighted by atomic mass is 10.1. The van der Waals surface area contributed by atoms with E-state index < -0.39 is 5.97 Å². The van der Waals surface area contributed by atoms with Crippen molar-refractivity contribution in [1.29, 1.82) is 0 Å². The third-order valence-corrected chi connectivity index (χ3v) is 4.52. The van der Waals surface area contributed by atoms with Crippen molar-refractivity contribution in [3.8, 4) is 0 Å². The number of carbonyl (C=O) groups excluding carboxylic acids is 1. The van der Waals surface area contributed by atoms with Crippen molar-refractivity contribution in [2.45, 2.75) is 25.3 Å². The third-order valence-electron chi connectivity index (χ3n) is 4.07. The van der Waals surface area contributed by atoms with Crippen LogP contribution < -0.4 is 5.32 Å². The predicted molar refractivity (Wildman–Crippen MR) is 78.0 cm³/mol. The maximum Gasteiger partial charge on any atom is 0.335 e. The van der Waals surface area contributed by atoms with Crippen molar-refractivity contribution in [2.24, 2.45) is 5.92 Å². The van der Waals surface area contributed by atoms with Gasteiger partial charge in [-0.25, -0.2) is 9.59 Å². The maximum absolute atomic E-state index is 12.2. The van der Waals surface area contributed by atoms with Gasteiger partial charge in [0.05, 0.1) is 5.56 Å². The summed E-state index contributed by atoms with van der Waals surface area (Å²) in [5, 5.41) is 11.8. The Labute approximate surface area is 125 Å². The number of carbonyl (C=O) groups is 2. The summed E-state index contributed by atoms with van der Waals surface area (Å²) in [5.74, 6) is -0.370. The molecule has 2 N–H and O–H groups in total. The number of amides is 2. The molecule has 0 radical (unpaired) electrons. The van der Waals surface area contributed by atoms with Crippen LogP contribution in [0.3, 0.4) is 0 Å². The van der Waals surface area contributed by atoms with Crippen LogP contribution >= 0.6 is 15.9 Å². The lowest BCUT2D eigenvalue weighted by Crippen LogP contribution is -2.40. The van der Waals surface area contributed by atoms with Crippen molar-refractivity contribution in [1.82, 2.24) is 4.90 Å². The van der Waals surface area contributed by atoms with Crippen molar-refractivity contribution in [3.63, 3.8) is 0 Å². The zero-order valence-corrected chi connectivity index (χ0v) is 12.4. The lowest BCUT2D eigenvalue weighted by Gasteiger charge is -2.27. The fourth-order valence-corrected chi connectivity index (χ4v) is 3.65. The van der Waals surface area contributed by atoms with Crippen LogP contribution in [-0.2, 0) is 0 Å². The van der Waals surface area contributed by atoms with Crippen LogP contribution in [0.25, 0.3) is 0 Å². The summed E-state index contributed by atoms with van der Waals surface area (Å²) in [4.78, 5) is 25.1. The number of nitrogens with zero attached hydrogens (tertiary/aromatic N) is 1. The Kier molecular flexibility index (Phi) is 3.41. The number of carboxylic acids is 1. The SMILES string of the molecule is O=C(O)c1cc(Br)cc(NC(=O)N2CC3CCC2C3)c1. The summed E-state index contributed by atoms with van der Waals surface area (Å²) in [5.41, 5.74) is 0.655. The molecular formula is C14H15BrN2O3. The molecule has 5 nitrogen and oxygen atoms in total. The number of piperidine rings is 1. The van der Waals surface area contributed by atoms with Gasteiger partial charge >= 0.3 is 12.0 Å². The summed E-state index contributed by atoms with van der Waals surface area (Å²) in [7, 11) is 0. The minimum absolute atomic E-state index is 0.133. The lowest BCUT2D eigenvalue weighted by molar-refractivity contribution is 0.0696. The second kappa shape index (κ2) is 5.09. The molecular weight excluding hydrogens is 324 g/mol. The number of aromatic carboxylic acids is 1. The molecule has 20 heavy (non-hydrogen) atoms. The zero-order valence-electron chi connectivity index (χ0n) is 10.8. The third kappa shape index (κ3) is 2.52. The summed E-state index contributed by atoms with van der Waals surface area (Å²) in [6.07, 6.45) is 3.40. The molecule has 0 spiro atoms. The number of benzene rings is 1. The minimum Gasteiger partial charge on any atom is -0.478 e.